The average molecular weight is 484 g/mol. The lowest BCUT2D eigenvalue weighted by atomic mass is 9.87. The van der Waals surface area contributed by atoms with E-state index in [2.05, 4.69) is 10.6 Å². The summed E-state index contributed by atoms with van der Waals surface area (Å²) in [6.07, 6.45) is 3.67. The fraction of sp³-hybridized carbons (Fsp3) is 0.440. The standard InChI is InChI=1S/C25H29N3O5S/c1-4-25(16-10-6-5-7-11-16)23(31)28(24(32)27-25)14-19(29)26-21-20(22(30)33-15(2)3)17-12-8-9-13-18(17)34-21/h5-7,10-11,15H,4,8-9,12-14H2,1-3H3,(H,26,29)(H,27,32)/t25-/m1/s1. The molecule has 0 bridgehead atoms. The van der Waals surface area contributed by atoms with Gasteiger partial charge in [-0.15, -0.1) is 11.3 Å². The Morgan fingerprint density at radius 1 is 1.18 bits per heavy atom. The summed E-state index contributed by atoms with van der Waals surface area (Å²) >= 11 is 1.37. The Morgan fingerprint density at radius 3 is 2.56 bits per heavy atom. The van der Waals surface area contributed by atoms with Crippen molar-refractivity contribution in [3.63, 3.8) is 0 Å². The number of amides is 4. The Bertz CT molecular complexity index is 1130. The maximum atomic E-state index is 13.3. The molecular formula is C25H29N3O5S. The van der Waals surface area contributed by atoms with Crippen LogP contribution >= 0.6 is 11.3 Å². The van der Waals surface area contributed by atoms with Crippen molar-refractivity contribution in [2.24, 2.45) is 0 Å². The minimum atomic E-state index is -1.20. The molecule has 1 aromatic carbocycles. The van der Waals surface area contributed by atoms with Gasteiger partial charge in [0.25, 0.3) is 5.91 Å². The second-order valence-corrected chi connectivity index (χ2v) is 9.97. The third kappa shape index (κ3) is 4.32. The normalized spacial score (nSPS) is 19.7. The Labute approximate surface area is 202 Å². The second-order valence-electron chi connectivity index (χ2n) is 8.86. The number of esters is 1. The SMILES string of the molecule is CC[C@]1(c2ccccc2)NC(=O)N(CC(=O)Nc2sc3c(c2C(=O)OC(C)C)CCCC3)C1=O. The van der Waals surface area contributed by atoms with Crippen molar-refractivity contribution in [2.45, 2.75) is 64.5 Å². The summed E-state index contributed by atoms with van der Waals surface area (Å²) < 4.78 is 5.43. The van der Waals surface area contributed by atoms with Crippen LogP contribution in [0, 0.1) is 0 Å². The molecule has 1 aliphatic heterocycles. The topological polar surface area (TPSA) is 105 Å². The van der Waals surface area contributed by atoms with E-state index in [0.717, 1.165) is 41.0 Å². The Balaban J connectivity index is 1.55. The third-order valence-corrected chi connectivity index (χ3v) is 7.45. The van der Waals surface area contributed by atoms with Gasteiger partial charge < -0.3 is 15.4 Å². The highest BCUT2D eigenvalue weighted by Crippen LogP contribution is 2.39. The molecule has 1 atom stereocenters. The van der Waals surface area contributed by atoms with Gasteiger partial charge in [-0.25, -0.2) is 9.59 Å². The van der Waals surface area contributed by atoms with Crippen LogP contribution in [0.25, 0.3) is 0 Å². The molecule has 1 saturated heterocycles. The minimum Gasteiger partial charge on any atom is -0.459 e. The highest BCUT2D eigenvalue weighted by atomic mass is 32.1. The first kappa shape index (κ1) is 23.9. The number of imide groups is 1. The molecule has 1 aliphatic carbocycles. The molecule has 4 rings (SSSR count). The number of urea groups is 1. The molecule has 2 heterocycles. The number of rotatable bonds is 7. The Kier molecular flexibility index (Phi) is 6.74. The van der Waals surface area contributed by atoms with Crippen LogP contribution in [-0.2, 0) is 32.7 Å². The molecule has 0 unspecified atom stereocenters. The first-order valence-electron chi connectivity index (χ1n) is 11.6. The lowest BCUT2D eigenvalue weighted by Crippen LogP contribution is -2.44. The number of ether oxygens (including phenoxy) is 1. The van der Waals surface area contributed by atoms with Gasteiger partial charge in [-0.1, -0.05) is 37.3 Å². The number of fused-ring (bicyclic) bond motifs is 1. The zero-order valence-electron chi connectivity index (χ0n) is 19.6. The highest BCUT2D eigenvalue weighted by molar-refractivity contribution is 7.17. The lowest BCUT2D eigenvalue weighted by Gasteiger charge is -2.25. The van der Waals surface area contributed by atoms with E-state index in [0.29, 0.717) is 22.5 Å². The van der Waals surface area contributed by atoms with Gasteiger partial charge in [-0.3, -0.25) is 14.5 Å². The molecule has 0 saturated carbocycles. The highest BCUT2D eigenvalue weighted by Gasteiger charge is 2.51. The van der Waals surface area contributed by atoms with E-state index < -0.39 is 35.9 Å². The van der Waals surface area contributed by atoms with Crippen LogP contribution < -0.4 is 10.6 Å². The number of nitrogens with zero attached hydrogens (tertiary/aromatic N) is 1. The molecule has 2 N–H and O–H groups in total. The van der Waals surface area contributed by atoms with Crippen LogP contribution in [0.15, 0.2) is 30.3 Å². The first-order valence-corrected chi connectivity index (χ1v) is 12.4. The molecule has 2 aliphatic rings. The van der Waals surface area contributed by atoms with Crippen LogP contribution in [0.1, 0.15) is 66.4 Å². The quantitative estimate of drug-likeness (QED) is 0.458. The number of nitrogens with one attached hydrogen (secondary N) is 2. The van der Waals surface area contributed by atoms with E-state index >= 15 is 0 Å². The molecule has 4 amide bonds. The number of carbonyl (C=O) groups is 4. The van der Waals surface area contributed by atoms with Gasteiger partial charge in [0.05, 0.1) is 11.7 Å². The molecule has 8 nitrogen and oxygen atoms in total. The zero-order chi connectivity index (χ0) is 24.5. The second kappa shape index (κ2) is 9.58. The van der Waals surface area contributed by atoms with Crippen LogP contribution in [0.2, 0.25) is 0 Å². The smallest absolute Gasteiger partial charge is 0.341 e. The number of thiophene rings is 1. The lowest BCUT2D eigenvalue weighted by molar-refractivity contribution is -0.134. The maximum absolute atomic E-state index is 13.3. The van der Waals surface area contributed by atoms with Gasteiger partial charge in [0, 0.05) is 4.88 Å². The minimum absolute atomic E-state index is 0.290. The summed E-state index contributed by atoms with van der Waals surface area (Å²) in [5.41, 5.74) is 0.795. The molecular weight excluding hydrogens is 454 g/mol. The van der Waals surface area contributed by atoms with Crippen molar-refractivity contribution in [1.82, 2.24) is 10.2 Å². The summed E-state index contributed by atoms with van der Waals surface area (Å²) in [5, 5.41) is 5.98. The molecule has 0 radical (unpaired) electrons. The summed E-state index contributed by atoms with van der Waals surface area (Å²) in [6.45, 7) is 4.93. The van der Waals surface area contributed by atoms with Gasteiger partial charge in [-0.2, -0.15) is 0 Å². The monoisotopic (exact) mass is 483 g/mol. The predicted octanol–water partition coefficient (Wildman–Crippen LogP) is 3.99. The predicted molar refractivity (Wildman–Crippen MR) is 129 cm³/mol. The Hall–Kier alpha value is -3.20. The molecule has 2 aromatic rings. The van der Waals surface area contributed by atoms with Crippen molar-refractivity contribution >= 4 is 40.2 Å². The number of carbonyl (C=O) groups excluding carboxylic acids is 4. The number of benzene rings is 1. The van der Waals surface area contributed by atoms with Gasteiger partial charge in [0.1, 0.15) is 17.1 Å². The largest absolute Gasteiger partial charge is 0.459 e. The van der Waals surface area contributed by atoms with Crippen molar-refractivity contribution in [3.8, 4) is 0 Å². The number of aryl methyl sites for hydroxylation is 1. The fourth-order valence-electron chi connectivity index (χ4n) is 4.58. The van der Waals surface area contributed by atoms with Crippen LogP contribution in [0.5, 0.6) is 0 Å². The van der Waals surface area contributed by atoms with Gasteiger partial charge in [-0.05, 0) is 57.1 Å². The van der Waals surface area contributed by atoms with Crippen molar-refractivity contribution in [3.05, 3.63) is 51.9 Å². The molecule has 1 aromatic heterocycles. The van der Waals surface area contributed by atoms with E-state index in [1.54, 1.807) is 38.1 Å². The van der Waals surface area contributed by atoms with Crippen molar-refractivity contribution in [1.29, 1.82) is 0 Å². The average Bonchev–Trinajstić information content (AvgIpc) is 3.29. The summed E-state index contributed by atoms with van der Waals surface area (Å²) in [7, 11) is 0. The van der Waals surface area contributed by atoms with Crippen molar-refractivity contribution < 1.29 is 23.9 Å². The third-order valence-electron chi connectivity index (χ3n) is 6.25. The van der Waals surface area contributed by atoms with Crippen LogP contribution in [0.4, 0.5) is 9.80 Å². The molecule has 1 fully saturated rings. The van der Waals surface area contributed by atoms with Gasteiger partial charge in [0.15, 0.2) is 0 Å². The van der Waals surface area contributed by atoms with E-state index in [4.69, 9.17) is 4.74 Å². The zero-order valence-corrected chi connectivity index (χ0v) is 20.4. The van der Waals surface area contributed by atoms with Gasteiger partial charge in [0.2, 0.25) is 5.91 Å². The summed E-state index contributed by atoms with van der Waals surface area (Å²) in [4.78, 5) is 53.8. The van der Waals surface area contributed by atoms with Crippen molar-refractivity contribution in [2.75, 3.05) is 11.9 Å². The van der Waals surface area contributed by atoms with E-state index in [9.17, 15) is 19.2 Å². The van der Waals surface area contributed by atoms with E-state index in [1.807, 2.05) is 13.0 Å². The van der Waals surface area contributed by atoms with Gasteiger partial charge >= 0.3 is 12.0 Å². The summed E-state index contributed by atoms with van der Waals surface area (Å²) in [5.74, 6) is -1.47. The Morgan fingerprint density at radius 2 is 1.88 bits per heavy atom. The molecule has 180 valence electrons. The molecule has 34 heavy (non-hydrogen) atoms. The fourth-order valence-corrected chi connectivity index (χ4v) is 5.88. The molecule has 9 heteroatoms. The number of hydrogen-bond acceptors (Lipinski definition) is 6. The van der Waals surface area contributed by atoms with Crippen LogP contribution in [-0.4, -0.2) is 41.4 Å². The maximum Gasteiger partial charge on any atom is 0.341 e. The number of anilines is 1. The van der Waals surface area contributed by atoms with E-state index in [1.165, 1.54) is 11.3 Å². The first-order chi connectivity index (χ1) is 16.3. The number of hydrogen-bond donors (Lipinski definition) is 2. The summed E-state index contributed by atoms with van der Waals surface area (Å²) in [6, 6.07) is 8.40. The van der Waals surface area contributed by atoms with Crippen LogP contribution in [0.3, 0.4) is 0 Å². The van der Waals surface area contributed by atoms with E-state index in [-0.39, 0.29) is 6.10 Å². The molecule has 0 spiro atoms.